The Bertz CT molecular complexity index is 466. The van der Waals surface area contributed by atoms with Crippen LogP contribution < -0.4 is 0 Å². The highest BCUT2D eigenvalue weighted by molar-refractivity contribution is 7.98. The van der Waals surface area contributed by atoms with E-state index < -0.39 is 0 Å². The first kappa shape index (κ1) is 13.3. The smallest absolute Gasteiger partial charge is 0.0661 e. The van der Waals surface area contributed by atoms with Crippen LogP contribution in [0.5, 0.6) is 0 Å². The largest absolute Gasteiger partial charge is 0.296 e. The number of H-pyrrole nitrogens is 1. The molecule has 1 aliphatic heterocycles. The van der Waals surface area contributed by atoms with Crippen LogP contribution in [0.2, 0.25) is 0 Å². The van der Waals surface area contributed by atoms with Crippen LogP contribution in [0.4, 0.5) is 0 Å². The van der Waals surface area contributed by atoms with Gasteiger partial charge in [-0.3, -0.25) is 10.00 Å². The van der Waals surface area contributed by atoms with Crippen molar-refractivity contribution < 1.29 is 0 Å². The van der Waals surface area contributed by atoms with Gasteiger partial charge in [0, 0.05) is 24.5 Å². The normalized spacial score (nSPS) is 26.7. The van der Waals surface area contributed by atoms with E-state index in [1.54, 1.807) is 5.57 Å². The highest BCUT2D eigenvalue weighted by Gasteiger charge is 2.35. The monoisotopic (exact) mass is 277 g/mol. The lowest BCUT2D eigenvalue weighted by Crippen LogP contribution is -2.48. The SMILES string of the molecule is CCCN1CC(CSC)=CC2Cc3n[nH]cc3CC21. The van der Waals surface area contributed by atoms with Crippen molar-refractivity contribution in [3.63, 3.8) is 0 Å². The van der Waals surface area contributed by atoms with E-state index in [9.17, 15) is 0 Å². The molecular weight excluding hydrogens is 254 g/mol. The van der Waals surface area contributed by atoms with Gasteiger partial charge < -0.3 is 0 Å². The topological polar surface area (TPSA) is 31.9 Å². The first-order valence-electron chi connectivity index (χ1n) is 7.26. The molecule has 4 heteroatoms. The molecule has 1 aromatic rings. The maximum Gasteiger partial charge on any atom is 0.0661 e. The summed E-state index contributed by atoms with van der Waals surface area (Å²) in [5.74, 6) is 1.84. The number of aromatic nitrogens is 2. The molecule has 0 aromatic carbocycles. The summed E-state index contributed by atoms with van der Waals surface area (Å²) >= 11 is 1.94. The second kappa shape index (κ2) is 5.71. The molecule has 0 bridgehead atoms. The fraction of sp³-hybridized carbons (Fsp3) is 0.667. The number of hydrogen-bond acceptors (Lipinski definition) is 3. The van der Waals surface area contributed by atoms with Gasteiger partial charge in [0.25, 0.3) is 0 Å². The third-order valence-electron chi connectivity index (χ3n) is 4.33. The Labute approximate surface area is 119 Å². The number of thioether (sulfide) groups is 1. The second-order valence-electron chi connectivity index (χ2n) is 5.73. The number of nitrogens with zero attached hydrogens (tertiary/aromatic N) is 2. The Morgan fingerprint density at radius 2 is 2.37 bits per heavy atom. The van der Waals surface area contributed by atoms with Gasteiger partial charge in [-0.25, -0.2) is 0 Å². The fourth-order valence-corrected chi connectivity index (χ4v) is 4.11. The summed E-state index contributed by atoms with van der Waals surface area (Å²) in [4.78, 5) is 2.70. The van der Waals surface area contributed by atoms with E-state index in [1.165, 1.54) is 42.9 Å². The maximum absolute atomic E-state index is 4.41. The average molecular weight is 277 g/mol. The zero-order chi connectivity index (χ0) is 13.2. The van der Waals surface area contributed by atoms with Crippen molar-refractivity contribution in [1.29, 1.82) is 0 Å². The van der Waals surface area contributed by atoms with Gasteiger partial charge in [0.2, 0.25) is 0 Å². The van der Waals surface area contributed by atoms with Crippen molar-refractivity contribution in [3.05, 3.63) is 29.1 Å². The molecule has 0 saturated carbocycles. The zero-order valence-corrected chi connectivity index (χ0v) is 12.7. The molecule has 0 amide bonds. The first-order chi connectivity index (χ1) is 9.31. The minimum Gasteiger partial charge on any atom is -0.296 e. The third kappa shape index (κ3) is 2.61. The van der Waals surface area contributed by atoms with Crippen molar-refractivity contribution in [2.24, 2.45) is 5.92 Å². The Kier molecular flexibility index (Phi) is 3.99. The molecule has 0 spiro atoms. The van der Waals surface area contributed by atoms with Crippen LogP contribution in [0.1, 0.15) is 24.6 Å². The summed E-state index contributed by atoms with van der Waals surface area (Å²) in [5, 5.41) is 7.45. The minimum absolute atomic E-state index is 0.665. The quantitative estimate of drug-likeness (QED) is 0.858. The van der Waals surface area contributed by atoms with Gasteiger partial charge in [-0.2, -0.15) is 16.9 Å². The van der Waals surface area contributed by atoms with Gasteiger partial charge in [-0.05, 0) is 49.1 Å². The molecule has 19 heavy (non-hydrogen) atoms. The van der Waals surface area contributed by atoms with Gasteiger partial charge in [0.15, 0.2) is 0 Å². The Balaban J connectivity index is 1.85. The van der Waals surface area contributed by atoms with E-state index >= 15 is 0 Å². The average Bonchev–Trinajstić information content (AvgIpc) is 2.84. The summed E-state index contributed by atoms with van der Waals surface area (Å²) < 4.78 is 0. The summed E-state index contributed by atoms with van der Waals surface area (Å²) in [5.41, 5.74) is 4.34. The van der Waals surface area contributed by atoms with E-state index in [-0.39, 0.29) is 0 Å². The maximum atomic E-state index is 4.41. The van der Waals surface area contributed by atoms with Crippen LogP contribution in [-0.4, -0.2) is 46.2 Å². The molecular formula is C15H23N3S. The number of fused-ring (bicyclic) bond motifs is 2. The van der Waals surface area contributed by atoms with Crippen molar-refractivity contribution >= 4 is 11.8 Å². The van der Waals surface area contributed by atoms with E-state index in [0.29, 0.717) is 12.0 Å². The van der Waals surface area contributed by atoms with E-state index in [2.05, 4.69) is 40.5 Å². The number of hydrogen-bond donors (Lipinski definition) is 1. The van der Waals surface area contributed by atoms with Crippen molar-refractivity contribution in [1.82, 2.24) is 15.1 Å². The molecule has 0 fully saturated rings. The highest BCUT2D eigenvalue weighted by Crippen LogP contribution is 2.33. The lowest BCUT2D eigenvalue weighted by molar-refractivity contribution is 0.149. The van der Waals surface area contributed by atoms with Crippen molar-refractivity contribution in [3.8, 4) is 0 Å². The van der Waals surface area contributed by atoms with E-state index in [4.69, 9.17) is 0 Å². The van der Waals surface area contributed by atoms with Crippen LogP contribution in [0, 0.1) is 5.92 Å². The van der Waals surface area contributed by atoms with Crippen LogP contribution in [0.15, 0.2) is 17.8 Å². The van der Waals surface area contributed by atoms with E-state index in [1.807, 2.05) is 11.8 Å². The van der Waals surface area contributed by atoms with Gasteiger partial charge in [-0.15, -0.1) is 0 Å². The van der Waals surface area contributed by atoms with Gasteiger partial charge >= 0.3 is 0 Å². The fourth-order valence-electron chi connectivity index (χ4n) is 3.55. The zero-order valence-electron chi connectivity index (χ0n) is 11.9. The number of nitrogens with one attached hydrogen (secondary N) is 1. The molecule has 3 rings (SSSR count). The second-order valence-corrected chi connectivity index (χ2v) is 6.59. The molecule has 2 heterocycles. The van der Waals surface area contributed by atoms with Crippen LogP contribution in [0.25, 0.3) is 0 Å². The summed E-state index contributed by atoms with van der Waals surface area (Å²) in [6.45, 7) is 4.68. The Morgan fingerprint density at radius 3 is 3.16 bits per heavy atom. The number of aromatic amines is 1. The van der Waals surface area contributed by atoms with Gasteiger partial charge in [0.1, 0.15) is 0 Å². The van der Waals surface area contributed by atoms with Gasteiger partial charge in [-0.1, -0.05) is 13.0 Å². The predicted molar refractivity (Wildman–Crippen MR) is 81.6 cm³/mol. The summed E-state index contributed by atoms with van der Waals surface area (Å²) in [7, 11) is 0. The van der Waals surface area contributed by atoms with Gasteiger partial charge in [0.05, 0.1) is 5.69 Å². The minimum atomic E-state index is 0.665. The lowest BCUT2D eigenvalue weighted by atomic mass is 9.79. The Morgan fingerprint density at radius 1 is 1.47 bits per heavy atom. The molecule has 1 aliphatic carbocycles. The molecule has 3 nitrogen and oxygen atoms in total. The first-order valence-corrected chi connectivity index (χ1v) is 8.65. The molecule has 1 aromatic heterocycles. The Hall–Kier alpha value is -0.740. The molecule has 0 saturated heterocycles. The molecule has 2 unspecified atom stereocenters. The van der Waals surface area contributed by atoms with Crippen LogP contribution >= 0.6 is 11.8 Å². The summed E-state index contributed by atoms with van der Waals surface area (Å²) in [6.07, 6.45) is 10.4. The van der Waals surface area contributed by atoms with E-state index in [0.717, 1.165) is 6.42 Å². The molecule has 0 radical (unpaired) electrons. The summed E-state index contributed by atoms with van der Waals surface area (Å²) in [6, 6.07) is 0.690. The third-order valence-corrected chi connectivity index (χ3v) is 4.99. The standard InChI is InChI=1S/C15H23N3S/c1-3-4-18-9-11(10-19-2)5-12-6-14-13(7-15(12)18)8-16-17-14/h5,8,12,15H,3-4,6-7,9-10H2,1-2H3,(H,16,17). The molecule has 2 atom stereocenters. The van der Waals surface area contributed by atoms with Crippen molar-refractivity contribution in [2.45, 2.75) is 32.2 Å². The number of rotatable bonds is 4. The van der Waals surface area contributed by atoms with Crippen molar-refractivity contribution in [2.75, 3.05) is 25.1 Å². The predicted octanol–water partition coefficient (Wildman–Crippen LogP) is 2.51. The lowest BCUT2D eigenvalue weighted by Gasteiger charge is -2.42. The molecule has 1 N–H and O–H groups in total. The van der Waals surface area contributed by atoms with Crippen LogP contribution in [-0.2, 0) is 12.8 Å². The molecule has 2 aliphatic rings. The molecule has 104 valence electrons. The van der Waals surface area contributed by atoms with Crippen LogP contribution in [0.3, 0.4) is 0 Å². The highest BCUT2D eigenvalue weighted by atomic mass is 32.2.